The topological polar surface area (TPSA) is 64.0 Å². The molecule has 0 saturated heterocycles. The number of rotatable bonds is 4. The SMILES string of the molecule is CC(C)Cn1nc(C(=O)Nc2cccc(C(F)(F)F)c2)c2ccccc2c1=O. The summed E-state index contributed by atoms with van der Waals surface area (Å²) >= 11 is 0. The average molecular weight is 389 g/mol. The van der Waals surface area contributed by atoms with Gasteiger partial charge in [0.2, 0.25) is 0 Å². The third kappa shape index (κ3) is 4.05. The predicted molar refractivity (Wildman–Crippen MR) is 100 cm³/mol. The Kier molecular flexibility index (Phi) is 5.22. The monoisotopic (exact) mass is 389 g/mol. The molecule has 3 aromatic rings. The molecule has 0 saturated carbocycles. The van der Waals surface area contributed by atoms with Crippen LogP contribution in [-0.2, 0) is 12.7 Å². The molecular formula is C20H18F3N3O2. The molecule has 1 amide bonds. The summed E-state index contributed by atoms with van der Waals surface area (Å²) < 4.78 is 39.9. The standard InChI is InChI=1S/C20H18F3N3O2/c1-12(2)11-26-19(28)16-9-4-3-8-15(16)17(25-26)18(27)24-14-7-5-6-13(10-14)20(21,22)23/h3-10,12H,11H2,1-2H3,(H,24,27). The van der Waals surface area contributed by atoms with Crippen LogP contribution < -0.4 is 10.9 Å². The van der Waals surface area contributed by atoms with Crippen LogP contribution in [0.4, 0.5) is 18.9 Å². The summed E-state index contributed by atoms with van der Waals surface area (Å²) in [5.41, 5.74) is -1.21. The van der Waals surface area contributed by atoms with Gasteiger partial charge in [-0.1, -0.05) is 38.1 Å². The van der Waals surface area contributed by atoms with E-state index in [0.29, 0.717) is 17.3 Å². The van der Waals surface area contributed by atoms with Gasteiger partial charge in [-0.2, -0.15) is 18.3 Å². The molecule has 0 spiro atoms. The average Bonchev–Trinajstić information content (AvgIpc) is 2.63. The number of nitrogens with zero attached hydrogens (tertiary/aromatic N) is 2. The maximum atomic E-state index is 12.9. The minimum atomic E-state index is -4.52. The molecule has 2 aromatic carbocycles. The number of hydrogen-bond acceptors (Lipinski definition) is 3. The number of carbonyl (C=O) groups is 1. The van der Waals surface area contributed by atoms with Crippen molar-refractivity contribution in [3.05, 3.63) is 70.1 Å². The molecule has 0 bridgehead atoms. The van der Waals surface area contributed by atoms with Crippen LogP contribution in [0.3, 0.4) is 0 Å². The highest BCUT2D eigenvalue weighted by atomic mass is 19.4. The number of aromatic nitrogens is 2. The Balaban J connectivity index is 2.04. The van der Waals surface area contributed by atoms with E-state index >= 15 is 0 Å². The lowest BCUT2D eigenvalue weighted by Gasteiger charge is -2.13. The lowest BCUT2D eigenvalue weighted by atomic mass is 10.1. The van der Waals surface area contributed by atoms with Crippen molar-refractivity contribution in [1.29, 1.82) is 0 Å². The van der Waals surface area contributed by atoms with Crippen LogP contribution >= 0.6 is 0 Å². The van der Waals surface area contributed by atoms with E-state index in [-0.39, 0.29) is 22.9 Å². The van der Waals surface area contributed by atoms with Gasteiger partial charge in [0, 0.05) is 17.6 Å². The van der Waals surface area contributed by atoms with Gasteiger partial charge < -0.3 is 5.32 Å². The predicted octanol–water partition coefficient (Wildman–Crippen LogP) is 4.32. The van der Waals surface area contributed by atoms with Gasteiger partial charge >= 0.3 is 6.18 Å². The zero-order valence-corrected chi connectivity index (χ0v) is 15.2. The van der Waals surface area contributed by atoms with Crippen LogP contribution in [0.5, 0.6) is 0 Å². The van der Waals surface area contributed by atoms with Gasteiger partial charge in [-0.05, 0) is 30.2 Å². The molecule has 0 atom stereocenters. The lowest BCUT2D eigenvalue weighted by Crippen LogP contribution is -2.29. The van der Waals surface area contributed by atoms with Crippen molar-refractivity contribution >= 4 is 22.4 Å². The van der Waals surface area contributed by atoms with E-state index in [9.17, 15) is 22.8 Å². The van der Waals surface area contributed by atoms with Crippen molar-refractivity contribution in [3.63, 3.8) is 0 Å². The largest absolute Gasteiger partial charge is 0.416 e. The van der Waals surface area contributed by atoms with Crippen LogP contribution in [0.25, 0.3) is 10.8 Å². The van der Waals surface area contributed by atoms with Crippen LogP contribution in [0.2, 0.25) is 0 Å². The highest BCUT2D eigenvalue weighted by Gasteiger charge is 2.30. The van der Waals surface area contributed by atoms with Crippen LogP contribution in [0, 0.1) is 5.92 Å². The maximum Gasteiger partial charge on any atom is 0.416 e. The molecule has 8 heteroatoms. The molecule has 146 valence electrons. The second kappa shape index (κ2) is 7.46. The molecular weight excluding hydrogens is 371 g/mol. The van der Waals surface area contributed by atoms with E-state index in [1.165, 1.54) is 16.8 Å². The number of amides is 1. The van der Waals surface area contributed by atoms with E-state index in [2.05, 4.69) is 10.4 Å². The Morgan fingerprint density at radius 3 is 2.43 bits per heavy atom. The van der Waals surface area contributed by atoms with Gasteiger partial charge in [-0.3, -0.25) is 9.59 Å². The summed E-state index contributed by atoms with van der Waals surface area (Å²) in [7, 11) is 0. The summed E-state index contributed by atoms with van der Waals surface area (Å²) in [6.45, 7) is 4.13. The number of anilines is 1. The van der Waals surface area contributed by atoms with Crippen molar-refractivity contribution in [1.82, 2.24) is 9.78 Å². The number of fused-ring (bicyclic) bond motifs is 1. The van der Waals surface area contributed by atoms with E-state index in [1.807, 2.05) is 13.8 Å². The fraction of sp³-hybridized carbons (Fsp3) is 0.250. The van der Waals surface area contributed by atoms with Crippen LogP contribution in [-0.4, -0.2) is 15.7 Å². The second-order valence-electron chi connectivity index (χ2n) is 6.81. The van der Waals surface area contributed by atoms with Crippen LogP contribution in [0.1, 0.15) is 29.9 Å². The van der Waals surface area contributed by atoms with E-state index in [4.69, 9.17) is 0 Å². The van der Waals surface area contributed by atoms with E-state index in [0.717, 1.165) is 12.1 Å². The fourth-order valence-electron chi connectivity index (χ4n) is 2.84. The fourth-order valence-corrected chi connectivity index (χ4v) is 2.84. The summed E-state index contributed by atoms with van der Waals surface area (Å²) in [5, 5.41) is 7.29. The molecule has 5 nitrogen and oxygen atoms in total. The van der Waals surface area contributed by atoms with E-state index in [1.54, 1.807) is 24.3 Å². The van der Waals surface area contributed by atoms with Crippen molar-refractivity contribution in [2.45, 2.75) is 26.6 Å². The number of benzene rings is 2. The van der Waals surface area contributed by atoms with E-state index < -0.39 is 17.6 Å². The van der Waals surface area contributed by atoms with Gasteiger partial charge in [-0.15, -0.1) is 0 Å². The van der Waals surface area contributed by atoms with Crippen LogP contribution in [0.15, 0.2) is 53.3 Å². The maximum absolute atomic E-state index is 12.9. The van der Waals surface area contributed by atoms with Gasteiger partial charge in [0.05, 0.1) is 10.9 Å². The molecule has 1 heterocycles. The molecule has 1 N–H and O–H groups in total. The molecule has 0 unspecified atom stereocenters. The molecule has 0 aliphatic carbocycles. The third-order valence-electron chi connectivity index (χ3n) is 4.07. The zero-order chi connectivity index (χ0) is 20.5. The summed E-state index contributed by atoms with van der Waals surface area (Å²) in [6, 6.07) is 10.9. The molecule has 0 radical (unpaired) electrons. The van der Waals surface area contributed by atoms with Crippen molar-refractivity contribution < 1.29 is 18.0 Å². The summed E-state index contributed by atoms with van der Waals surface area (Å²) in [4.78, 5) is 25.4. The molecule has 28 heavy (non-hydrogen) atoms. The minimum absolute atomic E-state index is 0.00712. The number of nitrogens with one attached hydrogen (secondary N) is 1. The minimum Gasteiger partial charge on any atom is -0.321 e. The normalized spacial score (nSPS) is 11.8. The summed E-state index contributed by atoms with van der Waals surface area (Å²) in [5.74, 6) is -0.571. The van der Waals surface area contributed by atoms with Crippen molar-refractivity contribution in [2.24, 2.45) is 5.92 Å². The van der Waals surface area contributed by atoms with Gasteiger partial charge in [0.25, 0.3) is 11.5 Å². The molecule has 1 aromatic heterocycles. The Bertz CT molecular complexity index is 1090. The highest BCUT2D eigenvalue weighted by molar-refractivity contribution is 6.11. The van der Waals surface area contributed by atoms with Gasteiger partial charge in [-0.25, -0.2) is 4.68 Å². The smallest absolute Gasteiger partial charge is 0.321 e. The second-order valence-corrected chi connectivity index (χ2v) is 6.81. The molecule has 0 fully saturated rings. The Labute approximate surface area is 158 Å². The third-order valence-corrected chi connectivity index (χ3v) is 4.07. The number of hydrogen-bond donors (Lipinski definition) is 1. The van der Waals surface area contributed by atoms with Crippen molar-refractivity contribution in [3.8, 4) is 0 Å². The first kappa shape index (κ1) is 19.6. The molecule has 0 aliphatic heterocycles. The quantitative estimate of drug-likeness (QED) is 0.723. The molecule has 0 aliphatic rings. The van der Waals surface area contributed by atoms with Gasteiger partial charge in [0.1, 0.15) is 0 Å². The summed E-state index contributed by atoms with van der Waals surface area (Å²) in [6.07, 6.45) is -4.52. The Morgan fingerprint density at radius 1 is 1.11 bits per heavy atom. The lowest BCUT2D eigenvalue weighted by molar-refractivity contribution is -0.137. The molecule has 3 rings (SSSR count). The van der Waals surface area contributed by atoms with Gasteiger partial charge in [0.15, 0.2) is 5.69 Å². The number of halogens is 3. The zero-order valence-electron chi connectivity index (χ0n) is 15.2. The Hall–Kier alpha value is -3.16. The first-order chi connectivity index (χ1) is 13.2. The van der Waals surface area contributed by atoms with Crippen molar-refractivity contribution in [2.75, 3.05) is 5.32 Å². The number of carbonyl (C=O) groups excluding carboxylic acids is 1. The highest BCUT2D eigenvalue weighted by Crippen LogP contribution is 2.30. The first-order valence-corrected chi connectivity index (χ1v) is 8.65. The number of alkyl halides is 3. The first-order valence-electron chi connectivity index (χ1n) is 8.65. The Morgan fingerprint density at radius 2 is 1.79 bits per heavy atom.